The maximum absolute atomic E-state index is 14.8. The second-order valence-electron chi connectivity index (χ2n) is 14.9. The third kappa shape index (κ3) is 8.04. The molecule has 11 nitrogen and oxygen atoms in total. The molecule has 4 rings (SSSR count). The lowest BCUT2D eigenvalue weighted by Gasteiger charge is -2.44. The first-order chi connectivity index (χ1) is 21.1. The average molecular weight is 720 g/mol. The molecular formula is C30H48ClFN3O8PSi2. The van der Waals surface area contributed by atoms with Crippen molar-refractivity contribution in [2.24, 2.45) is 0 Å². The Bertz CT molecular complexity index is 1520. The van der Waals surface area contributed by atoms with Crippen molar-refractivity contribution in [2.45, 2.75) is 115 Å². The van der Waals surface area contributed by atoms with E-state index in [0.29, 0.717) is 0 Å². The van der Waals surface area contributed by atoms with Crippen LogP contribution in [0.3, 0.4) is 0 Å². The molecule has 2 N–H and O–H groups in total. The zero-order chi connectivity index (χ0) is 34.5. The van der Waals surface area contributed by atoms with Gasteiger partial charge in [0.2, 0.25) is 0 Å². The van der Waals surface area contributed by atoms with Gasteiger partial charge in [-0.15, -0.1) is 0 Å². The molecule has 2 fully saturated rings. The minimum Gasteiger partial charge on any atom is -0.408 e. The number of benzene rings is 1. The van der Waals surface area contributed by atoms with Gasteiger partial charge in [0.1, 0.15) is 29.9 Å². The minimum absolute atomic E-state index is 0.00948. The van der Waals surface area contributed by atoms with E-state index >= 15 is 0 Å². The van der Waals surface area contributed by atoms with Crippen LogP contribution in [0, 0.1) is 5.82 Å². The van der Waals surface area contributed by atoms with Crippen molar-refractivity contribution < 1.29 is 36.1 Å². The summed E-state index contributed by atoms with van der Waals surface area (Å²) in [4.78, 5) is 17.0. The molecule has 1 aromatic carbocycles. The van der Waals surface area contributed by atoms with Crippen molar-refractivity contribution in [3.05, 3.63) is 57.3 Å². The van der Waals surface area contributed by atoms with Crippen molar-refractivity contribution in [3.63, 3.8) is 0 Å². The van der Waals surface area contributed by atoms with Gasteiger partial charge in [-0.05, 0) is 48.4 Å². The number of nitrogens with zero attached hydrogens (tertiary/aromatic N) is 2. The number of aromatic nitrogens is 2. The Morgan fingerprint density at radius 1 is 1.07 bits per heavy atom. The van der Waals surface area contributed by atoms with E-state index in [2.05, 4.69) is 72.7 Å². The van der Waals surface area contributed by atoms with Gasteiger partial charge in [-0.1, -0.05) is 65.3 Å². The highest BCUT2D eigenvalue weighted by Gasteiger charge is 2.55. The first-order valence-corrected chi connectivity index (χ1v) is 23.1. The van der Waals surface area contributed by atoms with Gasteiger partial charge >= 0.3 is 13.5 Å². The molecule has 0 bridgehead atoms. The molecule has 16 heteroatoms. The minimum atomic E-state index is -4.19. The number of hydrogen-bond donors (Lipinski definition) is 1. The molecule has 6 atom stereocenters. The summed E-state index contributed by atoms with van der Waals surface area (Å²) < 4.78 is 67.6. The van der Waals surface area contributed by atoms with E-state index < -0.39 is 66.6 Å². The zero-order valence-corrected chi connectivity index (χ0v) is 32.0. The lowest BCUT2D eigenvalue weighted by atomic mass is 10.1. The van der Waals surface area contributed by atoms with E-state index in [1.165, 1.54) is 29.0 Å². The second-order valence-corrected chi connectivity index (χ2v) is 26.4. The number of phosphoric ester groups is 1. The number of anilines is 1. The largest absolute Gasteiger partial charge is 0.475 e. The first kappa shape index (κ1) is 37.4. The maximum Gasteiger partial charge on any atom is 0.475 e. The molecule has 258 valence electrons. The summed E-state index contributed by atoms with van der Waals surface area (Å²) in [7, 11) is -9.17. The van der Waals surface area contributed by atoms with E-state index in [0.717, 1.165) is 0 Å². The molecule has 0 saturated carbocycles. The Morgan fingerprint density at radius 2 is 1.67 bits per heavy atom. The van der Waals surface area contributed by atoms with Crippen LogP contribution in [0.15, 0.2) is 35.3 Å². The van der Waals surface area contributed by atoms with E-state index in [9.17, 15) is 13.8 Å². The van der Waals surface area contributed by atoms with Crippen molar-refractivity contribution in [2.75, 3.05) is 18.9 Å². The molecule has 3 heterocycles. The van der Waals surface area contributed by atoms with Gasteiger partial charge in [0.05, 0.1) is 24.3 Å². The number of rotatable bonds is 9. The fraction of sp³-hybridized carbons (Fsp3) is 0.667. The highest BCUT2D eigenvalue weighted by atomic mass is 35.5. The molecule has 2 aromatic rings. The zero-order valence-electron chi connectivity index (χ0n) is 28.3. The normalized spacial score (nSPS) is 28.0. The van der Waals surface area contributed by atoms with Crippen molar-refractivity contribution in [3.8, 4) is 0 Å². The van der Waals surface area contributed by atoms with Crippen LogP contribution < -0.4 is 11.4 Å². The maximum atomic E-state index is 14.8. The summed E-state index contributed by atoms with van der Waals surface area (Å²) >= 11 is 5.99. The third-order valence-corrected chi connectivity index (χ3v) is 20.2. The second kappa shape index (κ2) is 13.5. The van der Waals surface area contributed by atoms with Crippen LogP contribution in [0.25, 0.3) is 0 Å². The highest BCUT2D eigenvalue weighted by molar-refractivity contribution is 7.48. The predicted octanol–water partition coefficient (Wildman–Crippen LogP) is 7.60. The van der Waals surface area contributed by atoms with E-state index in [-0.39, 0.29) is 46.1 Å². The van der Waals surface area contributed by atoms with Gasteiger partial charge in [0.15, 0.2) is 22.9 Å². The molecule has 0 amide bonds. The Labute approximate surface area is 278 Å². The Kier molecular flexibility index (Phi) is 10.9. The van der Waals surface area contributed by atoms with Gasteiger partial charge in [-0.25, -0.2) is 13.8 Å². The average Bonchev–Trinajstić information content (AvgIpc) is 3.23. The molecule has 2 aliphatic heterocycles. The molecule has 0 aliphatic carbocycles. The van der Waals surface area contributed by atoms with E-state index in [4.69, 9.17) is 44.5 Å². The monoisotopic (exact) mass is 719 g/mol. The van der Waals surface area contributed by atoms with Crippen LogP contribution in [0.2, 0.25) is 41.3 Å². The van der Waals surface area contributed by atoms with Crippen LogP contribution in [0.1, 0.15) is 65.9 Å². The number of phosphoric acid groups is 1. The summed E-state index contributed by atoms with van der Waals surface area (Å²) in [6.45, 7) is 20.9. The molecule has 2 saturated heterocycles. The van der Waals surface area contributed by atoms with Crippen molar-refractivity contribution >= 4 is 41.9 Å². The topological polar surface area (TPSA) is 133 Å². The number of nitrogen functional groups attached to an aromatic ring is 1. The molecule has 0 spiro atoms. The van der Waals surface area contributed by atoms with E-state index in [1.54, 1.807) is 6.07 Å². The number of hydrogen-bond acceptors (Lipinski definition) is 10. The molecule has 1 aromatic heterocycles. The van der Waals surface area contributed by atoms with Crippen LogP contribution >= 0.6 is 19.4 Å². The summed E-state index contributed by atoms with van der Waals surface area (Å²) in [5.74, 6) is -0.578. The Morgan fingerprint density at radius 3 is 2.26 bits per heavy atom. The van der Waals surface area contributed by atoms with Crippen LogP contribution in [-0.2, 0) is 31.7 Å². The van der Waals surface area contributed by atoms with Crippen molar-refractivity contribution in [1.82, 2.24) is 9.55 Å². The molecule has 46 heavy (non-hydrogen) atoms. The standard InChI is InChI=1S/C30H48ClFN3O8PSi2/c1-29(2,3)45(7,8)42-25-22(18-39-44(37)38-17-15-21(41-44)19-12-11-13-20(31)24(19)32)40-27(35-16-14-23(33)34-28(35)36)26(25)43-46(9,10)30(4,5)6/h11-14,16,21-22,25-27H,15,17-18H2,1-10H3,(H2,33,34,36)/t21-,22-,25-,26+,27-,44+/m1/s1. The molecule has 0 radical (unpaired) electrons. The lowest BCUT2D eigenvalue weighted by molar-refractivity contribution is -0.0593. The summed E-state index contributed by atoms with van der Waals surface area (Å²) in [6, 6.07) is 6.06. The smallest absolute Gasteiger partial charge is 0.408 e. The van der Waals surface area contributed by atoms with Gasteiger partial charge in [-0.3, -0.25) is 18.1 Å². The van der Waals surface area contributed by atoms with Crippen LogP contribution in [0.4, 0.5) is 10.2 Å². The number of halogens is 2. The van der Waals surface area contributed by atoms with Crippen molar-refractivity contribution in [1.29, 1.82) is 0 Å². The number of nitrogens with two attached hydrogens (primary N) is 1. The predicted molar refractivity (Wildman–Crippen MR) is 180 cm³/mol. The lowest BCUT2D eigenvalue weighted by Crippen LogP contribution is -2.54. The quantitative estimate of drug-likeness (QED) is 0.204. The Hall–Kier alpha value is -1.46. The molecule has 0 unspecified atom stereocenters. The SMILES string of the molecule is CC(C)(C)[Si](C)(C)O[C@H]1[C@H](O[Si](C)(C)C(C)(C)C)[C@@H](CO[P@]2(=O)OCC[C@H](c3cccc(Cl)c3F)O2)O[C@H]1n1ccc(N)nc1=O. The summed E-state index contributed by atoms with van der Waals surface area (Å²) in [6.07, 6.45) is -2.44. The highest BCUT2D eigenvalue weighted by Crippen LogP contribution is 2.58. The van der Waals surface area contributed by atoms with Gasteiger partial charge < -0.3 is 19.3 Å². The summed E-state index contributed by atoms with van der Waals surface area (Å²) in [5, 5.41) is -0.440. The van der Waals surface area contributed by atoms with Gasteiger partial charge in [0.25, 0.3) is 0 Å². The first-order valence-electron chi connectivity index (χ1n) is 15.4. The fourth-order valence-corrected chi connectivity index (χ4v) is 8.88. The number of ether oxygens (including phenoxy) is 1. The van der Waals surface area contributed by atoms with Crippen LogP contribution in [0.5, 0.6) is 0 Å². The Balaban J connectivity index is 1.70. The van der Waals surface area contributed by atoms with Gasteiger partial charge in [-0.2, -0.15) is 4.98 Å². The summed E-state index contributed by atoms with van der Waals surface area (Å²) in [5.41, 5.74) is 5.35. The fourth-order valence-electron chi connectivity index (χ4n) is 4.71. The molecular weight excluding hydrogens is 672 g/mol. The van der Waals surface area contributed by atoms with Gasteiger partial charge in [0, 0.05) is 18.2 Å². The third-order valence-electron chi connectivity index (χ3n) is 9.50. The van der Waals surface area contributed by atoms with E-state index in [1.807, 2.05) is 0 Å². The van der Waals surface area contributed by atoms with Crippen LogP contribution in [-0.4, -0.2) is 57.7 Å². The molecule has 2 aliphatic rings.